The molecule has 3 N–H and O–H groups in total. The molecule has 0 radical (unpaired) electrons. The number of hydrogen-bond donors (Lipinski definition) is 3. The van der Waals surface area contributed by atoms with Gasteiger partial charge in [-0.05, 0) is 30.7 Å². The van der Waals surface area contributed by atoms with E-state index >= 15 is 0 Å². The first-order valence-electron chi connectivity index (χ1n) is 4.97. The van der Waals surface area contributed by atoms with Crippen molar-refractivity contribution in [2.24, 2.45) is 0 Å². The highest BCUT2D eigenvalue weighted by atomic mass is 16.4. The van der Waals surface area contributed by atoms with Crippen LogP contribution in [0.5, 0.6) is 0 Å². The van der Waals surface area contributed by atoms with Crippen LogP contribution in [0.15, 0.2) is 24.3 Å². The maximum atomic E-state index is 10.9. The molecular formula is C12H12O5. The van der Waals surface area contributed by atoms with Gasteiger partial charge in [0.05, 0.1) is 11.1 Å². The van der Waals surface area contributed by atoms with E-state index in [9.17, 15) is 14.7 Å². The lowest BCUT2D eigenvalue weighted by Gasteiger charge is -2.06. The minimum Gasteiger partial charge on any atom is -0.508 e. The molecule has 5 nitrogen and oxygen atoms in total. The predicted molar refractivity (Wildman–Crippen MR) is 61.3 cm³/mol. The lowest BCUT2D eigenvalue weighted by molar-refractivity contribution is 0.0680. The van der Waals surface area contributed by atoms with Gasteiger partial charge in [-0.1, -0.05) is 6.92 Å². The maximum Gasteiger partial charge on any atom is 0.336 e. The topological polar surface area (TPSA) is 94.8 Å². The maximum absolute atomic E-state index is 10.9. The molecule has 0 aliphatic carbocycles. The molecule has 0 bridgehead atoms. The second kappa shape index (κ2) is 5.16. The van der Waals surface area contributed by atoms with Crippen molar-refractivity contribution < 1.29 is 24.9 Å². The van der Waals surface area contributed by atoms with Crippen molar-refractivity contribution in [2.75, 3.05) is 0 Å². The predicted octanol–water partition coefficient (Wildman–Crippen LogP) is 2.39. The number of rotatable bonds is 4. The Bertz CT molecular complexity index is 488. The van der Waals surface area contributed by atoms with E-state index in [2.05, 4.69) is 0 Å². The molecule has 0 fully saturated rings. The summed E-state index contributed by atoms with van der Waals surface area (Å²) in [5, 5.41) is 27.4. The summed E-state index contributed by atoms with van der Waals surface area (Å²) < 4.78 is 0. The Hall–Kier alpha value is -2.30. The van der Waals surface area contributed by atoms with Crippen molar-refractivity contribution in [1.82, 2.24) is 0 Å². The van der Waals surface area contributed by atoms with Crippen LogP contribution in [-0.4, -0.2) is 27.3 Å². The van der Waals surface area contributed by atoms with E-state index in [0.29, 0.717) is 6.42 Å². The van der Waals surface area contributed by atoms with Gasteiger partial charge in [-0.25, -0.2) is 9.59 Å². The fourth-order valence-corrected chi connectivity index (χ4v) is 1.38. The van der Waals surface area contributed by atoms with Crippen molar-refractivity contribution in [3.05, 3.63) is 41.0 Å². The molecule has 0 aliphatic heterocycles. The Morgan fingerprint density at radius 2 is 1.76 bits per heavy atom. The second-order valence-corrected chi connectivity index (χ2v) is 3.37. The van der Waals surface area contributed by atoms with Crippen LogP contribution in [0.4, 0.5) is 0 Å². The number of aliphatic hydroxyl groups is 1. The Balaban J connectivity index is 3.40. The monoisotopic (exact) mass is 236 g/mol. The standard InChI is InChI=1S/C12H12O5/c1-2-3-10(13)9-6-7(11(14)15)4-5-8(9)12(16)17/h3-6,13H,2H2,1H3,(H,14,15)(H,16,17). The Morgan fingerprint density at radius 3 is 2.24 bits per heavy atom. The molecule has 0 unspecified atom stereocenters. The normalized spacial score (nSPS) is 11.2. The molecule has 1 rings (SSSR count). The summed E-state index contributed by atoms with van der Waals surface area (Å²) >= 11 is 0. The summed E-state index contributed by atoms with van der Waals surface area (Å²) in [6, 6.07) is 3.50. The number of allylic oxidation sites excluding steroid dienone is 1. The number of benzene rings is 1. The van der Waals surface area contributed by atoms with Crippen LogP contribution >= 0.6 is 0 Å². The molecule has 0 atom stereocenters. The fraction of sp³-hybridized carbons (Fsp3) is 0.167. The number of carbonyl (C=O) groups is 2. The molecule has 0 aromatic heterocycles. The molecular weight excluding hydrogens is 224 g/mol. The molecule has 90 valence electrons. The third kappa shape index (κ3) is 2.84. The summed E-state index contributed by atoms with van der Waals surface area (Å²) in [6.45, 7) is 1.78. The van der Waals surface area contributed by atoms with Gasteiger partial charge in [-0.2, -0.15) is 0 Å². The highest BCUT2D eigenvalue weighted by Gasteiger charge is 2.15. The lowest BCUT2D eigenvalue weighted by atomic mass is 10.0. The minimum atomic E-state index is -1.21. The lowest BCUT2D eigenvalue weighted by Crippen LogP contribution is -2.05. The number of aliphatic hydroxyl groups excluding tert-OH is 1. The van der Waals surface area contributed by atoms with Crippen LogP contribution in [0, 0.1) is 0 Å². The van der Waals surface area contributed by atoms with Gasteiger partial charge < -0.3 is 15.3 Å². The average molecular weight is 236 g/mol. The van der Waals surface area contributed by atoms with Gasteiger partial charge in [-0.3, -0.25) is 0 Å². The molecule has 0 heterocycles. The first-order chi connectivity index (χ1) is 7.97. The third-order valence-corrected chi connectivity index (χ3v) is 2.17. The summed E-state index contributed by atoms with van der Waals surface area (Å²) in [5.41, 5.74) is -0.183. The van der Waals surface area contributed by atoms with Crippen LogP contribution < -0.4 is 0 Å². The van der Waals surface area contributed by atoms with Crippen molar-refractivity contribution >= 4 is 17.7 Å². The zero-order valence-corrected chi connectivity index (χ0v) is 9.17. The first kappa shape index (κ1) is 12.8. The van der Waals surface area contributed by atoms with Crippen LogP contribution in [0.2, 0.25) is 0 Å². The summed E-state index contributed by atoms with van der Waals surface area (Å²) in [7, 11) is 0. The van der Waals surface area contributed by atoms with E-state index in [4.69, 9.17) is 10.2 Å². The Kier molecular flexibility index (Phi) is 3.87. The third-order valence-electron chi connectivity index (χ3n) is 2.17. The first-order valence-corrected chi connectivity index (χ1v) is 4.97. The summed E-state index contributed by atoms with van der Waals surface area (Å²) in [4.78, 5) is 21.7. The molecule has 0 spiro atoms. The Morgan fingerprint density at radius 1 is 1.12 bits per heavy atom. The largest absolute Gasteiger partial charge is 0.508 e. The van der Waals surface area contributed by atoms with E-state index in [1.165, 1.54) is 18.2 Å². The second-order valence-electron chi connectivity index (χ2n) is 3.37. The zero-order chi connectivity index (χ0) is 13.0. The van der Waals surface area contributed by atoms with E-state index < -0.39 is 11.9 Å². The van der Waals surface area contributed by atoms with E-state index in [1.807, 2.05) is 0 Å². The van der Waals surface area contributed by atoms with Crippen molar-refractivity contribution in [1.29, 1.82) is 0 Å². The van der Waals surface area contributed by atoms with Crippen LogP contribution in [0.3, 0.4) is 0 Å². The van der Waals surface area contributed by atoms with Gasteiger partial charge >= 0.3 is 11.9 Å². The van der Waals surface area contributed by atoms with E-state index in [0.717, 1.165) is 6.07 Å². The number of hydrogen-bond acceptors (Lipinski definition) is 3. The SMILES string of the molecule is CCC=C(O)c1cc(C(=O)O)ccc1C(=O)O. The Labute approximate surface area is 97.6 Å². The van der Waals surface area contributed by atoms with Gasteiger partial charge in [0.1, 0.15) is 5.76 Å². The minimum absolute atomic E-state index is 0.0132. The molecule has 0 amide bonds. The highest BCUT2D eigenvalue weighted by molar-refractivity contribution is 5.96. The van der Waals surface area contributed by atoms with Crippen LogP contribution in [0.1, 0.15) is 39.6 Å². The zero-order valence-electron chi connectivity index (χ0n) is 9.17. The molecule has 0 aliphatic rings. The highest BCUT2D eigenvalue weighted by Crippen LogP contribution is 2.20. The van der Waals surface area contributed by atoms with Crippen molar-refractivity contribution in [2.45, 2.75) is 13.3 Å². The molecule has 17 heavy (non-hydrogen) atoms. The molecule has 5 heteroatoms. The number of aromatic carboxylic acids is 2. The fourth-order valence-electron chi connectivity index (χ4n) is 1.38. The van der Waals surface area contributed by atoms with Crippen molar-refractivity contribution in [3.63, 3.8) is 0 Å². The smallest absolute Gasteiger partial charge is 0.336 e. The van der Waals surface area contributed by atoms with E-state index in [1.54, 1.807) is 6.92 Å². The quantitative estimate of drug-likeness (QED) is 0.697. The van der Waals surface area contributed by atoms with E-state index in [-0.39, 0.29) is 22.4 Å². The number of carboxylic acids is 2. The molecule has 0 saturated carbocycles. The van der Waals surface area contributed by atoms with Crippen molar-refractivity contribution in [3.8, 4) is 0 Å². The number of carboxylic acid groups (broad SMARTS) is 2. The van der Waals surface area contributed by atoms with Gasteiger partial charge in [0.2, 0.25) is 0 Å². The van der Waals surface area contributed by atoms with Gasteiger partial charge in [0.25, 0.3) is 0 Å². The molecule has 0 saturated heterocycles. The van der Waals surface area contributed by atoms with Crippen LogP contribution in [-0.2, 0) is 0 Å². The molecule has 1 aromatic carbocycles. The molecule has 1 aromatic rings. The van der Waals surface area contributed by atoms with Gasteiger partial charge in [-0.15, -0.1) is 0 Å². The summed E-state index contributed by atoms with van der Waals surface area (Å²) in [5.74, 6) is -2.62. The van der Waals surface area contributed by atoms with Gasteiger partial charge in [0, 0.05) is 5.56 Å². The average Bonchev–Trinajstić information content (AvgIpc) is 2.28. The van der Waals surface area contributed by atoms with Gasteiger partial charge in [0.15, 0.2) is 0 Å². The van der Waals surface area contributed by atoms with Crippen LogP contribution in [0.25, 0.3) is 5.76 Å². The summed E-state index contributed by atoms with van der Waals surface area (Å²) in [6.07, 6.45) is 1.94.